The molecule has 4 rings (SSSR count). The minimum Gasteiger partial charge on any atom is -0.469 e. The maximum absolute atomic E-state index is 14.2. The van der Waals surface area contributed by atoms with E-state index in [4.69, 9.17) is 20.4 Å². The molecule has 0 spiro atoms. The number of aryl methyl sites for hydroxylation is 2. The number of benzene rings is 2. The van der Waals surface area contributed by atoms with Crippen molar-refractivity contribution in [3.63, 3.8) is 0 Å². The molecule has 0 saturated heterocycles. The number of carbonyl (C=O) groups is 2. The highest BCUT2D eigenvalue weighted by molar-refractivity contribution is 6.30. The number of nitrogens with one attached hydrogen (secondary N) is 2. The molecule has 33 heavy (non-hydrogen) atoms. The number of aromatic nitrogens is 1. The highest BCUT2D eigenvalue weighted by Gasteiger charge is 2.15. The Balaban J connectivity index is 1.35. The first-order chi connectivity index (χ1) is 15.9. The second kappa shape index (κ2) is 9.70. The maximum atomic E-state index is 14.2. The summed E-state index contributed by atoms with van der Waals surface area (Å²) >= 11 is 5.89. The Morgan fingerprint density at radius 3 is 2.61 bits per heavy atom. The van der Waals surface area contributed by atoms with Gasteiger partial charge in [-0.1, -0.05) is 11.6 Å². The van der Waals surface area contributed by atoms with Crippen molar-refractivity contribution < 1.29 is 22.8 Å². The van der Waals surface area contributed by atoms with Crippen molar-refractivity contribution >= 4 is 34.8 Å². The van der Waals surface area contributed by atoms with Gasteiger partial charge in [-0.3, -0.25) is 9.59 Å². The summed E-state index contributed by atoms with van der Waals surface area (Å²) in [6.45, 7) is 1.63. The predicted octanol–water partition coefficient (Wildman–Crippen LogP) is 5.86. The van der Waals surface area contributed by atoms with Crippen molar-refractivity contribution in [2.75, 3.05) is 10.6 Å². The molecule has 0 saturated carbocycles. The van der Waals surface area contributed by atoms with Crippen LogP contribution < -0.4 is 10.6 Å². The fourth-order valence-electron chi connectivity index (χ4n) is 3.13. The molecule has 9 heteroatoms. The van der Waals surface area contributed by atoms with Crippen LogP contribution in [0.3, 0.4) is 0 Å². The van der Waals surface area contributed by atoms with Crippen molar-refractivity contribution in [3.05, 3.63) is 89.0 Å². The van der Waals surface area contributed by atoms with Gasteiger partial charge in [-0.05, 0) is 55.5 Å². The molecule has 2 N–H and O–H groups in total. The van der Waals surface area contributed by atoms with E-state index in [0.717, 1.165) is 5.56 Å². The first-order valence-corrected chi connectivity index (χ1v) is 10.4. The van der Waals surface area contributed by atoms with Crippen molar-refractivity contribution in [1.29, 1.82) is 0 Å². The fraction of sp³-hybridized carbons (Fsp3) is 0.125. The number of halogens is 2. The molecule has 0 aliphatic heterocycles. The highest BCUT2D eigenvalue weighted by Crippen LogP contribution is 2.24. The summed E-state index contributed by atoms with van der Waals surface area (Å²) < 4.78 is 25.0. The van der Waals surface area contributed by atoms with Crippen LogP contribution in [0.25, 0.3) is 11.3 Å². The van der Waals surface area contributed by atoms with E-state index < -0.39 is 11.7 Å². The first kappa shape index (κ1) is 22.3. The standard InChI is InChI=1S/C24H19ClFN3O4/c1-14-18(10-11-32-14)24(31)29-20-12-17(6-7-19(20)26)28-22(30)8-9-23-27-13-21(33-23)15-2-4-16(25)5-3-15/h2-7,10-13H,8-9H2,1H3,(H,28,30)(H,29,31). The van der Waals surface area contributed by atoms with E-state index in [2.05, 4.69) is 15.6 Å². The third-order valence-corrected chi connectivity index (χ3v) is 5.10. The summed E-state index contributed by atoms with van der Waals surface area (Å²) in [4.78, 5) is 28.9. The monoisotopic (exact) mass is 467 g/mol. The van der Waals surface area contributed by atoms with E-state index in [0.29, 0.717) is 33.7 Å². The van der Waals surface area contributed by atoms with Crippen LogP contribution in [-0.2, 0) is 11.2 Å². The SMILES string of the molecule is Cc1occc1C(=O)Nc1cc(NC(=O)CCc2ncc(-c3ccc(Cl)cc3)o2)ccc1F. The summed E-state index contributed by atoms with van der Waals surface area (Å²) in [5.41, 5.74) is 1.41. The number of furan rings is 1. The minimum absolute atomic E-state index is 0.0568. The highest BCUT2D eigenvalue weighted by atomic mass is 35.5. The number of amides is 2. The number of hydrogen-bond donors (Lipinski definition) is 2. The van der Waals surface area contributed by atoms with Crippen LogP contribution in [0.1, 0.15) is 28.4 Å². The van der Waals surface area contributed by atoms with Crippen LogP contribution in [0.5, 0.6) is 0 Å². The van der Waals surface area contributed by atoms with Crippen LogP contribution in [0.15, 0.2) is 69.8 Å². The Hall–Kier alpha value is -3.91. The fourth-order valence-corrected chi connectivity index (χ4v) is 3.25. The topological polar surface area (TPSA) is 97.4 Å². The van der Waals surface area contributed by atoms with E-state index in [9.17, 15) is 14.0 Å². The van der Waals surface area contributed by atoms with Crippen LogP contribution in [0, 0.1) is 12.7 Å². The van der Waals surface area contributed by atoms with Crippen LogP contribution in [0.4, 0.5) is 15.8 Å². The molecule has 168 valence electrons. The summed E-state index contributed by atoms with van der Waals surface area (Å²) in [7, 11) is 0. The molecule has 0 radical (unpaired) electrons. The van der Waals surface area contributed by atoms with Gasteiger partial charge in [0, 0.05) is 29.1 Å². The molecule has 2 amide bonds. The molecule has 2 aromatic heterocycles. The molecular weight excluding hydrogens is 449 g/mol. The minimum atomic E-state index is -0.628. The molecule has 7 nitrogen and oxygen atoms in total. The summed E-state index contributed by atoms with van der Waals surface area (Å²) in [6, 6.07) is 12.6. The number of hydrogen-bond acceptors (Lipinski definition) is 5. The second-order valence-corrected chi connectivity index (χ2v) is 7.65. The Morgan fingerprint density at radius 1 is 1.09 bits per heavy atom. The second-order valence-electron chi connectivity index (χ2n) is 7.21. The van der Waals surface area contributed by atoms with Crippen molar-refractivity contribution in [2.24, 2.45) is 0 Å². The number of anilines is 2. The molecule has 0 unspecified atom stereocenters. The Morgan fingerprint density at radius 2 is 1.88 bits per heavy atom. The Kier molecular flexibility index (Phi) is 6.55. The smallest absolute Gasteiger partial charge is 0.259 e. The predicted molar refractivity (Wildman–Crippen MR) is 122 cm³/mol. The maximum Gasteiger partial charge on any atom is 0.259 e. The van der Waals surface area contributed by atoms with Crippen LogP contribution in [-0.4, -0.2) is 16.8 Å². The van der Waals surface area contributed by atoms with Crippen LogP contribution >= 0.6 is 11.6 Å². The first-order valence-electron chi connectivity index (χ1n) is 10.0. The third kappa shape index (κ3) is 5.48. The lowest BCUT2D eigenvalue weighted by molar-refractivity contribution is -0.116. The van der Waals surface area contributed by atoms with Gasteiger partial charge in [0.15, 0.2) is 11.7 Å². The molecule has 0 aliphatic rings. The van der Waals surface area contributed by atoms with Gasteiger partial charge in [0.05, 0.1) is 23.7 Å². The zero-order valence-electron chi connectivity index (χ0n) is 17.5. The van der Waals surface area contributed by atoms with E-state index in [-0.39, 0.29) is 24.4 Å². The zero-order chi connectivity index (χ0) is 23.4. The zero-order valence-corrected chi connectivity index (χ0v) is 18.3. The molecule has 0 atom stereocenters. The van der Waals surface area contributed by atoms with Crippen molar-refractivity contribution in [3.8, 4) is 11.3 Å². The molecule has 2 aromatic carbocycles. The number of oxazole rings is 1. The number of nitrogens with zero attached hydrogens (tertiary/aromatic N) is 1. The molecule has 0 fully saturated rings. The quantitative estimate of drug-likeness (QED) is 0.355. The van der Waals surface area contributed by atoms with Gasteiger partial charge in [0.25, 0.3) is 5.91 Å². The van der Waals surface area contributed by atoms with Gasteiger partial charge in [-0.2, -0.15) is 0 Å². The van der Waals surface area contributed by atoms with Gasteiger partial charge in [-0.15, -0.1) is 0 Å². The van der Waals surface area contributed by atoms with E-state index >= 15 is 0 Å². The summed E-state index contributed by atoms with van der Waals surface area (Å²) in [5.74, 6) is -0.0357. The average molecular weight is 468 g/mol. The van der Waals surface area contributed by atoms with E-state index in [1.54, 1.807) is 25.3 Å². The van der Waals surface area contributed by atoms with E-state index in [1.165, 1.54) is 30.5 Å². The molecule has 4 aromatic rings. The largest absolute Gasteiger partial charge is 0.469 e. The Labute approximate surface area is 193 Å². The molecular formula is C24H19ClFN3O4. The lowest BCUT2D eigenvalue weighted by Gasteiger charge is -2.09. The molecule has 0 bridgehead atoms. The number of carbonyl (C=O) groups excluding carboxylic acids is 2. The van der Waals surface area contributed by atoms with Gasteiger partial charge in [0.2, 0.25) is 5.91 Å². The van der Waals surface area contributed by atoms with Crippen molar-refractivity contribution in [2.45, 2.75) is 19.8 Å². The van der Waals surface area contributed by atoms with Crippen molar-refractivity contribution in [1.82, 2.24) is 4.98 Å². The van der Waals surface area contributed by atoms with E-state index in [1.807, 2.05) is 12.1 Å². The van der Waals surface area contributed by atoms with Gasteiger partial charge in [-0.25, -0.2) is 9.37 Å². The molecule has 2 heterocycles. The lowest BCUT2D eigenvalue weighted by atomic mass is 10.2. The summed E-state index contributed by atoms with van der Waals surface area (Å²) in [6.07, 6.45) is 3.36. The van der Waals surface area contributed by atoms with Crippen LogP contribution in [0.2, 0.25) is 5.02 Å². The number of rotatable bonds is 7. The normalized spacial score (nSPS) is 10.8. The van der Waals surface area contributed by atoms with Gasteiger partial charge < -0.3 is 19.5 Å². The Bertz CT molecular complexity index is 1300. The molecule has 0 aliphatic carbocycles. The average Bonchev–Trinajstić information content (AvgIpc) is 3.44. The van der Waals surface area contributed by atoms with Gasteiger partial charge >= 0.3 is 0 Å². The van der Waals surface area contributed by atoms with Gasteiger partial charge in [0.1, 0.15) is 11.6 Å². The summed E-state index contributed by atoms with van der Waals surface area (Å²) in [5, 5.41) is 5.79. The lowest BCUT2D eigenvalue weighted by Crippen LogP contribution is -2.15. The third-order valence-electron chi connectivity index (χ3n) is 4.85.